The molecule has 1 fully saturated rings. The third-order valence-electron chi connectivity index (χ3n) is 8.10. The molecule has 5 rings (SSSR count). The van der Waals surface area contributed by atoms with E-state index >= 15 is 0 Å². The minimum Gasteiger partial charge on any atom is -0.497 e. The Bertz CT molecular complexity index is 1340. The average molecular weight is 520 g/mol. The fourth-order valence-corrected chi connectivity index (χ4v) is 5.92. The smallest absolute Gasteiger partial charge is 0.271 e. The number of benzene rings is 2. The van der Waals surface area contributed by atoms with Crippen molar-refractivity contribution in [2.45, 2.75) is 70.1 Å². The number of amides is 2. The first-order chi connectivity index (χ1) is 18.4. The standard InChI is InChI=1S/C30H37N3O5/c1-30(29(35)31-21-11-7-5-6-8-12-21)19-32-24(17-23-25(37-3)14-15-26(38-4)27(23)32)28(34)33(30)18-20-10-9-13-22(16-20)36-2/h9-10,13-17,21H,5-8,11-12,18-19H2,1-4H3,(H,31,35)/t30-/m1/s1. The van der Waals surface area contributed by atoms with Crippen LogP contribution >= 0.6 is 0 Å². The van der Waals surface area contributed by atoms with Gasteiger partial charge in [-0.05, 0) is 55.7 Å². The van der Waals surface area contributed by atoms with Crippen molar-refractivity contribution in [3.05, 3.63) is 53.7 Å². The summed E-state index contributed by atoms with van der Waals surface area (Å²) in [6.07, 6.45) is 6.55. The number of ether oxygens (including phenoxy) is 3. The van der Waals surface area contributed by atoms with Crippen LogP contribution in [0.4, 0.5) is 0 Å². The molecule has 0 spiro atoms. The Morgan fingerprint density at radius 1 is 0.974 bits per heavy atom. The number of carbonyl (C=O) groups excluding carboxylic acids is 2. The monoisotopic (exact) mass is 519 g/mol. The fourth-order valence-electron chi connectivity index (χ4n) is 5.92. The van der Waals surface area contributed by atoms with Crippen LogP contribution in [-0.2, 0) is 17.9 Å². The first-order valence-corrected chi connectivity index (χ1v) is 13.4. The summed E-state index contributed by atoms with van der Waals surface area (Å²) in [5, 5.41) is 4.11. The van der Waals surface area contributed by atoms with Gasteiger partial charge in [-0.25, -0.2) is 0 Å². The minimum absolute atomic E-state index is 0.119. The Labute approximate surface area is 223 Å². The van der Waals surface area contributed by atoms with Gasteiger partial charge in [0.05, 0.1) is 33.4 Å². The summed E-state index contributed by atoms with van der Waals surface area (Å²) in [4.78, 5) is 30.0. The summed E-state index contributed by atoms with van der Waals surface area (Å²) in [6, 6.07) is 13.3. The van der Waals surface area contributed by atoms with E-state index in [1.807, 2.05) is 54.0 Å². The van der Waals surface area contributed by atoms with E-state index in [-0.39, 0.29) is 24.4 Å². The van der Waals surface area contributed by atoms with Crippen molar-refractivity contribution in [1.29, 1.82) is 0 Å². The van der Waals surface area contributed by atoms with Crippen LogP contribution in [0.15, 0.2) is 42.5 Å². The number of carbonyl (C=O) groups is 2. The van der Waals surface area contributed by atoms with Gasteiger partial charge in [0, 0.05) is 18.0 Å². The summed E-state index contributed by atoms with van der Waals surface area (Å²) in [6.45, 7) is 2.45. The number of hydrogen-bond donors (Lipinski definition) is 1. The van der Waals surface area contributed by atoms with Crippen molar-refractivity contribution in [3.63, 3.8) is 0 Å². The molecular formula is C30H37N3O5. The van der Waals surface area contributed by atoms with E-state index in [0.29, 0.717) is 29.5 Å². The molecule has 0 saturated heterocycles. The zero-order chi connectivity index (χ0) is 26.9. The highest BCUT2D eigenvalue weighted by molar-refractivity contribution is 6.05. The number of aromatic nitrogens is 1. The van der Waals surface area contributed by atoms with Crippen molar-refractivity contribution < 1.29 is 23.8 Å². The van der Waals surface area contributed by atoms with Crippen LogP contribution in [0, 0.1) is 0 Å². The fraction of sp³-hybridized carbons (Fsp3) is 0.467. The van der Waals surface area contributed by atoms with Gasteiger partial charge < -0.3 is 29.0 Å². The molecule has 1 aliphatic carbocycles. The van der Waals surface area contributed by atoms with E-state index in [9.17, 15) is 9.59 Å². The molecule has 0 bridgehead atoms. The summed E-state index contributed by atoms with van der Waals surface area (Å²) in [5.41, 5.74) is 1.03. The third kappa shape index (κ3) is 4.57. The number of nitrogens with one attached hydrogen (secondary N) is 1. The van der Waals surface area contributed by atoms with E-state index in [2.05, 4.69) is 5.32 Å². The molecule has 202 valence electrons. The van der Waals surface area contributed by atoms with Gasteiger partial charge in [-0.2, -0.15) is 0 Å². The highest BCUT2D eigenvalue weighted by atomic mass is 16.5. The van der Waals surface area contributed by atoms with Crippen LogP contribution in [0.2, 0.25) is 0 Å². The van der Waals surface area contributed by atoms with E-state index in [1.54, 1.807) is 26.2 Å². The van der Waals surface area contributed by atoms with Gasteiger partial charge in [-0.15, -0.1) is 0 Å². The average Bonchev–Trinajstić information content (AvgIpc) is 3.12. The highest BCUT2D eigenvalue weighted by Gasteiger charge is 2.48. The zero-order valence-electron chi connectivity index (χ0n) is 22.7. The largest absolute Gasteiger partial charge is 0.497 e. The number of methoxy groups -OCH3 is 3. The second kappa shape index (κ2) is 10.6. The Morgan fingerprint density at radius 2 is 1.68 bits per heavy atom. The van der Waals surface area contributed by atoms with Gasteiger partial charge in [-0.1, -0.05) is 37.8 Å². The molecule has 2 aromatic carbocycles. The number of rotatable bonds is 7. The van der Waals surface area contributed by atoms with Gasteiger partial charge in [0.25, 0.3) is 5.91 Å². The Hall–Kier alpha value is -3.68. The lowest BCUT2D eigenvalue weighted by atomic mass is 9.93. The molecule has 8 heteroatoms. The molecule has 1 N–H and O–H groups in total. The minimum atomic E-state index is -1.13. The summed E-state index contributed by atoms with van der Waals surface area (Å²) in [7, 11) is 4.84. The first-order valence-electron chi connectivity index (χ1n) is 13.4. The van der Waals surface area contributed by atoms with Crippen LogP contribution in [-0.4, -0.2) is 54.2 Å². The maximum absolute atomic E-state index is 14.2. The van der Waals surface area contributed by atoms with Crippen molar-refractivity contribution in [3.8, 4) is 17.2 Å². The molecule has 1 atom stereocenters. The van der Waals surface area contributed by atoms with Crippen LogP contribution in [0.25, 0.3) is 10.9 Å². The second-order valence-corrected chi connectivity index (χ2v) is 10.5. The van der Waals surface area contributed by atoms with Crippen LogP contribution in [0.3, 0.4) is 0 Å². The van der Waals surface area contributed by atoms with Crippen LogP contribution in [0.1, 0.15) is 61.5 Å². The van der Waals surface area contributed by atoms with Gasteiger partial charge in [0.15, 0.2) is 0 Å². The van der Waals surface area contributed by atoms with Gasteiger partial charge in [0.2, 0.25) is 5.91 Å². The zero-order valence-corrected chi connectivity index (χ0v) is 22.7. The van der Waals surface area contributed by atoms with E-state index in [4.69, 9.17) is 14.2 Å². The Kier molecular flexibility index (Phi) is 7.23. The van der Waals surface area contributed by atoms with Crippen molar-refractivity contribution in [1.82, 2.24) is 14.8 Å². The van der Waals surface area contributed by atoms with Crippen LogP contribution < -0.4 is 19.5 Å². The van der Waals surface area contributed by atoms with Crippen molar-refractivity contribution in [2.75, 3.05) is 21.3 Å². The van der Waals surface area contributed by atoms with E-state index in [1.165, 1.54) is 12.8 Å². The third-order valence-corrected chi connectivity index (χ3v) is 8.10. The number of hydrogen-bond acceptors (Lipinski definition) is 5. The lowest BCUT2D eigenvalue weighted by Gasteiger charge is -2.44. The summed E-state index contributed by atoms with van der Waals surface area (Å²) in [5.74, 6) is 1.65. The molecule has 1 saturated carbocycles. The molecule has 2 heterocycles. The topological polar surface area (TPSA) is 82.0 Å². The van der Waals surface area contributed by atoms with Crippen LogP contribution in [0.5, 0.6) is 17.2 Å². The number of fused-ring (bicyclic) bond motifs is 3. The normalized spacial score (nSPS) is 20.1. The SMILES string of the molecule is COc1cccc(CN2C(=O)c3cc4c(OC)ccc(OC)c4n3C[C@]2(C)C(=O)NC2CCCCCC2)c1. The molecule has 3 aromatic rings. The first kappa shape index (κ1) is 25.9. The van der Waals surface area contributed by atoms with Crippen molar-refractivity contribution >= 4 is 22.7 Å². The highest BCUT2D eigenvalue weighted by Crippen LogP contribution is 2.40. The van der Waals surface area contributed by atoms with Gasteiger partial charge >= 0.3 is 0 Å². The maximum atomic E-state index is 14.2. The number of nitrogens with zero attached hydrogens (tertiary/aromatic N) is 2. The predicted octanol–water partition coefficient (Wildman–Crippen LogP) is 4.92. The molecule has 2 aliphatic rings. The Balaban J connectivity index is 1.60. The van der Waals surface area contributed by atoms with Crippen molar-refractivity contribution in [2.24, 2.45) is 0 Å². The molecule has 1 aliphatic heterocycles. The summed E-state index contributed by atoms with van der Waals surface area (Å²) < 4.78 is 18.6. The lowest BCUT2D eigenvalue weighted by molar-refractivity contribution is -0.134. The maximum Gasteiger partial charge on any atom is 0.271 e. The molecular weight excluding hydrogens is 482 g/mol. The molecule has 0 radical (unpaired) electrons. The molecule has 0 unspecified atom stereocenters. The van der Waals surface area contributed by atoms with E-state index < -0.39 is 5.54 Å². The van der Waals surface area contributed by atoms with Gasteiger partial charge in [-0.3, -0.25) is 9.59 Å². The molecule has 2 amide bonds. The Morgan fingerprint density at radius 3 is 2.37 bits per heavy atom. The second-order valence-electron chi connectivity index (χ2n) is 10.5. The quantitative estimate of drug-likeness (QED) is 0.448. The van der Waals surface area contributed by atoms with E-state index in [0.717, 1.165) is 42.1 Å². The molecule has 8 nitrogen and oxygen atoms in total. The summed E-state index contributed by atoms with van der Waals surface area (Å²) >= 11 is 0. The molecule has 1 aromatic heterocycles. The lowest BCUT2D eigenvalue weighted by Crippen LogP contribution is -2.64. The predicted molar refractivity (Wildman–Crippen MR) is 146 cm³/mol. The van der Waals surface area contributed by atoms with Gasteiger partial charge in [0.1, 0.15) is 28.5 Å². The molecule has 38 heavy (non-hydrogen) atoms.